The third-order valence-corrected chi connectivity index (χ3v) is 6.35. The second-order valence-corrected chi connectivity index (χ2v) is 8.24. The van der Waals surface area contributed by atoms with Gasteiger partial charge in [0, 0.05) is 5.56 Å². The van der Waals surface area contributed by atoms with E-state index in [1.165, 1.54) is 30.4 Å². The Hall–Kier alpha value is -2.60. The topological polar surface area (TPSA) is 73.7 Å². The number of benzene rings is 2. The fourth-order valence-corrected chi connectivity index (χ4v) is 4.42. The van der Waals surface area contributed by atoms with Crippen LogP contribution in [0.25, 0.3) is 11.1 Å². The van der Waals surface area contributed by atoms with Crippen LogP contribution < -0.4 is 5.73 Å². The molecule has 0 atom stereocenters. The second kappa shape index (κ2) is 9.06. The van der Waals surface area contributed by atoms with Gasteiger partial charge in [-0.25, -0.2) is 0 Å². The highest BCUT2D eigenvalue weighted by molar-refractivity contribution is 5.95. The van der Waals surface area contributed by atoms with Crippen molar-refractivity contribution in [2.24, 2.45) is 11.1 Å². The monoisotopic (exact) mass is 373 g/mol. The van der Waals surface area contributed by atoms with Crippen LogP contribution in [0, 0.1) is 22.2 Å². The van der Waals surface area contributed by atoms with Gasteiger partial charge in [0.05, 0.1) is 11.5 Å². The standard InChI is InChI=1S/C25H31N3/c1-2-3-4-15-25(18-26)16-13-22(14-17-25)21-7-5-19(6-8-21)20-9-11-23(12-10-20)24(27)28/h5-12,22H,2-4,13-17H2,1H3,(H3,27,28). The second-order valence-electron chi connectivity index (χ2n) is 8.24. The molecule has 28 heavy (non-hydrogen) atoms. The summed E-state index contributed by atoms with van der Waals surface area (Å²) in [5.74, 6) is 0.670. The van der Waals surface area contributed by atoms with E-state index in [1.54, 1.807) is 0 Å². The molecule has 0 bridgehead atoms. The van der Waals surface area contributed by atoms with Crippen molar-refractivity contribution in [1.82, 2.24) is 0 Å². The van der Waals surface area contributed by atoms with Crippen molar-refractivity contribution >= 4 is 5.84 Å². The quantitative estimate of drug-likeness (QED) is 0.335. The number of hydrogen-bond donors (Lipinski definition) is 2. The Morgan fingerprint density at radius 3 is 2.11 bits per heavy atom. The molecule has 2 aromatic carbocycles. The van der Waals surface area contributed by atoms with Crippen molar-refractivity contribution in [2.75, 3.05) is 0 Å². The van der Waals surface area contributed by atoms with Gasteiger partial charge in [-0.1, -0.05) is 74.7 Å². The first-order valence-electron chi connectivity index (χ1n) is 10.5. The Bertz CT molecular complexity index is 820. The molecule has 0 aliphatic heterocycles. The largest absolute Gasteiger partial charge is 0.384 e. The van der Waals surface area contributed by atoms with E-state index in [0.717, 1.165) is 43.2 Å². The molecule has 3 nitrogen and oxygen atoms in total. The van der Waals surface area contributed by atoms with Gasteiger partial charge in [-0.05, 0) is 54.7 Å². The van der Waals surface area contributed by atoms with Crippen LogP contribution in [0.4, 0.5) is 0 Å². The summed E-state index contributed by atoms with van der Waals surface area (Å²) in [7, 11) is 0. The summed E-state index contributed by atoms with van der Waals surface area (Å²) in [6, 6.07) is 19.4. The Labute approximate surface area is 169 Å². The van der Waals surface area contributed by atoms with Crippen molar-refractivity contribution in [1.29, 1.82) is 10.7 Å². The van der Waals surface area contributed by atoms with E-state index in [4.69, 9.17) is 11.1 Å². The maximum Gasteiger partial charge on any atom is 0.122 e. The maximum absolute atomic E-state index is 9.74. The number of unbranched alkanes of at least 4 members (excludes halogenated alkanes) is 2. The van der Waals surface area contributed by atoms with Crippen LogP contribution in [0.3, 0.4) is 0 Å². The van der Waals surface area contributed by atoms with Gasteiger partial charge < -0.3 is 5.73 Å². The number of nitriles is 1. The van der Waals surface area contributed by atoms with Crippen LogP contribution in [0.1, 0.15) is 75.3 Å². The number of hydrogen-bond acceptors (Lipinski definition) is 2. The third kappa shape index (κ3) is 4.62. The lowest BCUT2D eigenvalue weighted by Gasteiger charge is -2.35. The molecular formula is C25H31N3. The summed E-state index contributed by atoms with van der Waals surface area (Å²) in [5, 5.41) is 17.2. The Morgan fingerprint density at radius 2 is 1.61 bits per heavy atom. The summed E-state index contributed by atoms with van der Waals surface area (Å²) in [6.07, 6.45) is 9.01. The van der Waals surface area contributed by atoms with Crippen LogP contribution >= 0.6 is 0 Å². The van der Waals surface area contributed by atoms with Crippen molar-refractivity contribution in [3.8, 4) is 17.2 Å². The van der Waals surface area contributed by atoms with Crippen molar-refractivity contribution in [2.45, 2.75) is 64.2 Å². The summed E-state index contributed by atoms with van der Waals surface area (Å²) in [6.45, 7) is 2.22. The van der Waals surface area contributed by atoms with Gasteiger partial charge in [0.15, 0.2) is 0 Å². The Kier molecular flexibility index (Phi) is 6.52. The van der Waals surface area contributed by atoms with Crippen LogP contribution in [-0.4, -0.2) is 5.84 Å². The lowest BCUT2D eigenvalue weighted by molar-refractivity contribution is 0.223. The molecule has 0 heterocycles. The molecule has 0 unspecified atom stereocenters. The minimum Gasteiger partial charge on any atom is -0.384 e. The molecule has 0 aromatic heterocycles. The summed E-state index contributed by atoms with van der Waals surface area (Å²) in [5.41, 5.74) is 9.92. The molecule has 3 rings (SSSR count). The molecule has 0 amide bonds. The van der Waals surface area contributed by atoms with E-state index in [-0.39, 0.29) is 11.3 Å². The van der Waals surface area contributed by atoms with E-state index in [0.29, 0.717) is 5.92 Å². The molecule has 1 fully saturated rings. The van der Waals surface area contributed by atoms with Crippen molar-refractivity contribution in [3.05, 3.63) is 59.7 Å². The lowest BCUT2D eigenvalue weighted by atomic mass is 9.67. The fourth-order valence-electron chi connectivity index (χ4n) is 4.42. The predicted octanol–water partition coefficient (Wildman–Crippen LogP) is 6.39. The molecule has 1 saturated carbocycles. The zero-order chi connectivity index (χ0) is 20.0. The van der Waals surface area contributed by atoms with Gasteiger partial charge >= 0.3 is 0 Å². The molecule has 3 N–H and O–H groups in total. The number of amidine groups is 1. The number of nitrogens with one attached hydrogen (secondary N) is 1. The summed E-state index contributed by atoms with van der Waals surface area (Å²) >= 11 is 0. The van der Waals surface area contributed by atoms with Gasteiger partial charge in [0.2, 0.25) is 0 Å². The molecule has 0 radical (unpaired) electrons. The van der Waals surface area contributed by atoms with Crippen LogP contribution in [-0.2, 0) is 0 Å². The normalized spacial score (nSPS) is 21.8. The first-order valence-corrected chi connectivity index (χ1v) is 10.5. The Balaban J connectivity index is 1.63. The van der Waals surface area contributed by atoms with Gasteiger partial charge in [0.25, 0.3) is 0 Å². The molecule has 2 aromatic rings. The summed E-state index contributed by atoms with van der Waals surface area (Å²) < 4.78 is 0. The average Bonchev–Trinajstić information content (AvgIpc) is 2.75. The highest BCUT2D eigenvalue weighted by Crippen LogP contribution is 2.45. The molecule has 1 aliphatic rings. The van der Waals surface area contributed by atoms with E-state index >= 15 is 0 Å². The molecule has 3 heteroatoms. The van der Waals surface area contributed by atoms with Crippen LogP contribution in [0.15, 0.2) is 48.5 Å². The molecule has 1 aliphatic carbocycles. The SMILES string of the molecule is CCCCCC1(C#N)CCC(c2ccc(-c3ccc(C(=N)N)cc3)cc2)CC1. The first-order chi connectivity index (χ1) is 13.6. The van der Waals surface area contributed by atoms with E-state index < -0.39 is 0 Å². The van der Waals surface area contributed by atoms with E-state index in [1.807, 2.05) is 24.3 Å². The minimum absolute atomic E-state index is 0.0793. The highest BCUT2D eigenvalue weighted by atomic mass is 14.7. The number of rotatable bonds is 7. The van der Waals surface area contributed by atoms with Crippen molar-refractivity contribution in [3.63, 3.8) is 0 Å². The third-order valence-electron chi connectivity index (χ3n) is 6.35. The number of nitrogens with two attached hydrogens (primary N) is 1. The van der Waals surface area contributed by atoms with E-state index in [9.17, 15) is 5.26 Å². The zero-order valence-electron chi connectivity index (χ0n) is 16.9. The molecule has 0 saturated heterocycles. The number of nitrogen functional groups attached to an aromatic ring is 1. The van der Waals surface area contributed by atoms with Gasteiger partial charge in [-0.3, -0.25) is 5.41 Å². The Morgan fingerprint density at radius 1 is 1.04 bits per heavy atom. The molecule has 0 spiro atoms. The average molecular weight is 374 g/mol. The van der Waals surface area contributed by atoms with Crippen LogP contribution in [0.5, 0.6) is 0 Å². The van der Waals surface area contributed by atoms with Crippen molar-refractivity contribution < 1.29 is 0 Å². The van der Waals surface area contributed by atoms with Crippen LogP contribution in [0.2, 0.25) is 0 Å². The summed E-state index contributed by atoms with van der Waals surface area (Å²) in [4.78, 5) is 0. The smallest absolute Gasteiger partial charge is 0.122 e. The fraction of sp³-hybridized carbons (Fsp3) is 0.440. The predicted molar refractivity (Wildman–Crippen MR) is 116 cm³/mol. The van der Waals surface area contributed by atoms with Gasteiger partial charge in [-0.15, -0.1) is 0 Å². The molecule has 146 valence electrons. The maximum atomic E-state index is 9.74. The highest BCUT2D eigenvalue weighted by Gasteiger charge is 2.35. The first kappa shape index (κ1) is 20.1. The minimum atomic E-state index is -0.0793. The zero-order valence-corrected chi connectivity index (χ0v) is 16.9. The van der Waals surface area contributed by atoms with Gasteiger partial charge in [0.1, 0.15) is 5.84 Å². The van der Waals surface area contributed by atoms with Gasteiger partial charge in [-0.2, -0.15) is 5.26 Å². The van der Waals surface area contributed by atoms with E-state index in [2.05, 4.69) is 37.3 Å². The number of nitrogens with zero attached hydrogens (tertiary/aromatic N) is 1. The lowest BCUT2D eigenvalue weighted by Crippen LogP contribution is -2.25. The molecular weight excluding hydrogens is 342 g/mol.